The molecule has 100 valence electrons. The molecule has 0 radical (unpaired) electrons. The van der Waals surface area contributed by atoms with Crippen molar-refractivity contribution in [1.82, 2.24) is 19.7 Å². The van der Waals surface area contributed by atoms with E-state index in [1.54, 1.807) is 24.1 Å². The Bertz CT molecular complexity index is 627. The monoisotopic (exact) mass is 281 g/mol. The Morgan fingerprint density at radius 2 is 2.26 bits per heavy atom. The van der Waals surface area contributed by atoms with Crippen molar-refractivity contribution in [2.24, 2.45) is 12.9 Å². The Hall–Kier alpha value is -2.20. The summed E-state index contributed by atoms with van der Waals surface area (Å²) in [6.45, 7) is 1.54. The van der Waals surface area contributed by atoms with Crippen LogP contribution in [-0.2, 0) is 7.05 Å². The molecular weight excluding hydrogens is 270 g/mol. The molecule has 0 saturated heterocycles. The summed E-state index contributed by atoms with van der Waals surface area (Å²) in [7, 11) is 1.76. The zero-order valence-electron chi connectivity index (χ0n) is 10.2. The minimum Gasteiger partial charge on any atom is -0.292 e. The van der Waals surface area contributed by atoms with Crippen molar-refractivity contribution >= 4 is 23.4 Å². The second-order valence-electron chi connectivity index (χ2n) is 3.64. The number of anilines is 1. The van der Waals surface area contributed by atoms with Gasteiger partial charge in [0.1, 0.15) is 5.69 Å². The summed E-state index contributed by atoms with van der Waals surface area (Å²) in [6, 6.07) is 0. The normalized spacial score (nSPS) is 10.5. The quantitative estimate of drug-likeness (QED) is 0.366. The topological polar surface area (TPSA) is 125 Å². The molecule has 0 amide bonds. The van der Waals surface area contributed by atoms with Gasteiger partial charge in [0.15, 0.2) is 5.03 Å². The molecule has 0 aromatic carbocycles. The van der Waals surface area contributed by atoms with Crippen LogP contribution in [0.1, 0.15) is 5.69 Å². The number of nitro groups is 1. The number of nitrogens with one attached hydrogen (secondary N) is 1. The molecular formula is C9H11N7O2S. The van der Waals surface area contributed by atoms with Crippen LogP contribution in [-0.4, -0.2) is 24.7 Å². The maximum atomic E-state index is 11.1. The fourth-order valence-corrected chi connectivity index (χ4v) is 2.43. The van der Waals surface area contributed by atoms with E-state index >= 15 is 0 Å². The second-order valence-corrected chi connectivity index (χ2v) is 4.70. The van der Waals surface area contributed by atoms with E-state index in [1.165, 1.54) is 6.92 Å². The molecule has 2 aromatic rings. The maximum absolute atomic E-state index is 11.1. The Morgan fingerprint density at radius 3 is 2.79 bits per heavy atom. The molecule has 2 heterocycles. The first-order valence-electron chi connectivity index (χ1n) is 5.17. The van der Waals surface area contributed by atoms with Crippen LogP contribution >= 0.6 is 11.8 Å². The van der Waals surface area contributed by atoms with E-state index in [0.717, 1.165) is 16.7 Å². The molecule has 0 atom stereocenters. The highest BCUT2D eigenvalue weighted by molar-refractivity contribution is 7.99. The summed E-state index contributed by atoms with van der Waals surface area (Å²) in [5.74, 6) is 5.37. The minimum atomic E-state index is -0.506. The van der Waals surface area contributed by atoms with Crippen molar-refractivity contribution in [2.45, 2.75) is 16.8 Å². The second kappa shape index (κ2) is 5.20. The number of nitrogens with zero attached hydrogens (tertiary/aromatic N) is 5. The van der Waals surface area contributed by atoms with E-state index in [2.05, 4.69) is 20.5 Å². The van der Waals surface area contributed by atoms with Crippen LogP contribution < -0.4 is 11.3 Å². The van der Waals surface area contributed by atoms with Crippen LogP contribution in [0, 0.1) is 17.0 Å². The van der Waals surface area contributed by atoms with E-state index < -0.39 is 4.92 Å². The zero-order valence-corrected chi connectivity index (χ0v) is 11.0. The maximum Gasteiger partial charge on any atom is 0.322 e. The van der Waals surface area contributed by atoms with Gasteiger partial charge >= 0.3 is 5.69 Å². The lowest BCUT2D eigenvalue weighted by molar-refractivity contribution is -0.389. The fraction of sp³-hybridized carbons (Fsp3) is 0.222. The zero-order chi connectivity index (χ0) is 14.0. The summed E-state index contributed by atoms with van der Waals surface area (Å²) in [6.07, 6.45) is 3.34. The summed E-state index contributed by atoms with van der Waals surface area (Å²) in [5, 5.41) is 15.3. The van der Waals surface area contributed by atoms with Gasteiger partial charge in [-0.25, -0.2) is 10.8 Å². The van der Waals surface area contributed by atoms with Crippen molar-refractivity contribution < 1.29 is 4.92 Å². The summed E-state index contributed by atoms with van der Waals surface area (Å²) < 4.78 is 1.60. The van der Waals surface area contributed by atoms with E-state index in [0.29, 0.717) is 0 Å². The third-order valence-corrected chi connectivity index (χ3v) is 3.16. The molecule has 10 heteroatoms. The first-order valence-corrected chi connectivity index (χ1v) is 5.99. The molecule has 19 heavy (non-hydrogen) atoms. The first-order chi connectivity index (χ1) is 9.01. The summed E-state index contributed by atoms with van der Waals surface area (Å²) >= 11 is 1.14. The van der Waals surface area contributed by atoms with Crippen LogP contribution in [0.15, 0.2) is 22.3 Å². The minimum absolute atomic E-state index is 0.132. The Labute approximate surface area is 112 Å². The number of aryl methyl sites for hydroxylation is 2. The van der Waals surface area contributed by atoms with E-state index in [4.69, 9.17) is 5.84 Å². The molecule has 0 aliphatic heterocycles. The van der Waals surface area contributed by atoms with Gasteiger partial charge in [0.25, 0.3) is 0 Å². The molecule has 9 nitrogen and oxygen atoms in total. The lowest BCUT2D eigenvalue weighted by Gasteiger charge is -2.05. The SMILES string of the molecule is Cc1nc(NN)nc(Sc2cnn(C)c2)c1[N+](=O)[O-]. The van der Waals surface area contributed by atoms with Gasteiger partial charge in [-0.15, -0.1) is 0 Å². The van der Waals surface area contributed by atoms with Crippen molar-refractivity contribution in [2.75, 3.05) is 5.43 Å². The third kappa shape index (κ3) is 2.80. The van der Waals surface area contributed by atoms with Gasteiger partial charge in [0.05, 0.1) is 16.0 Å². The van der Waals surface area contributed by atoms with Crippen LogP contribution in [0.5, 0.6) is 0 Å². The van der Waals surface area contributed by atoms with Crippen molar-refractivity contribution in [3.63, 3.8) is 0 Å². The first kappa shape index (κ1) is 13.2. The highest BCUT2D eigenvalue weighted by atomic mass is 32.2. The van der Waals surface area contributed by atoms with Gasteiger partial charge in [-0.3, -0.25) is 20.2 Å². The highest BCUT2D eigenvalue weighted by Gasteiger charge is 2.23. The van der Waals surface area contributed by atoms with Crippen LogP contribution in [0.2, 0.25) is 0 Å². The Morgan fingerprint density at radius 1 is 1.53 bits per heavy atom. The van der Waals surface area contributed by atoms with Gasteiger partial charge in [-0.1, -0.05) is 11.8 Å². The number of hydrogen-bond donors (Lipinski definition) is 2. The average molecular weight is 281 g/mol. The van der Waals surface area contributed by atoms with Crippen LogP contribution in [0.4, 0.5) is 11.6 Å². The van der Waals surface area contributed by atoms with Crippen molar-refractivity contribution in [1.29, 1.82) is 0 Å². The van der Waals surface area contributed by atoms with Crippen LogP contribution in [0.25, 0.3) is 0 Å². The predicted octanol–water partition coefficient (Wildman–Crippen LogP) is 0.864. The van der Waals surface area contributed by atoms with Gasteiger partial charge in [0.2, 0.25) is 5.95 Å². The standard InChI is InChI=1S/C9H11N7O2S/c1-5-7(16(17)18)8(13-9(12-5)14-10)19-6-3-11-15(2)4-6/h3-4H,10H2,1-2H3,(H,12,13,14). The number of aromatic nitrogens is 4. The molecule has 0 aliphatic rings. The van der Waals surface area contributed by atoms with Gasteiger partial charge in [-0.05, 0) is 6.92 Å². The van der Waals surface area contributed by atoms with Crippen molar-refractivity contribution in [3.05, 3.63) is 28.2 Å². The van der Waals surface area contributed by atoms with E-state index in [1.807, 2.05) is 0 Å². The smallest absolute Gasteiger partial charge is 0.292 e. The summed E-state index contributed by atoms with van der Waals surface area (Å²) in [5.41, 5.74) is 2.40. The molecule has 0 spiro atoms. The fourth-order valence-electron chi connectivity index (χ4n) is 1.45. The number of nitrogens with two attached hydrogens (primary N) is 1. The molecule has 0 bridgehead atoms. The Kier molecular flexibility index (Phi) is 3.62. The largest absolute Gasteiger partial charge is 0.322 e. The highest BCUT2D eigenvalue weighted by Crippen LogP contribution is 2.34. The van der Waals surface area contributed by atoms with Crippen LogP contribution in [0.3, 0.4) is 0 Å². The lowest BCUT2D eigenvalue weighted by atomic mass is 10.4. The summed E-state index contributed by atoms with van der Waals surface area (Å²) in [4.78, 5) is 19.2. The molecule has 0 unspecified atom stereocenters. The molecule has 0 aliphatic carbocycles. The average Bonchev–Trinajstić information content (AvgIpc) is 2.73. The molecule has 0 fully saturated rings. The Balaban J connectivity index is 2.47. The van der Waals surface area contributed by atoms with Gasteiger partial charge in [0, 0.05) is 13.2 Å². The third-order valence-electron chi connectivity index (χ3n) is 2.23. The van der Waals surface area contributed by atoms with Gasteiger partial charge in [-0.2, -0.15) is 10.1 Å². The number of rotatable bonds is 4. The van der Waals surface area contributed by atoms with Crippen molar-refractivity contribution in [3.8, 4) is 0 Å². The number of hydrogen-bond acceptors (Lipinski definition) is 8. The molecule has 0 saturated carbocycles. The molecule has 2 rings (SSSR count). The molecule has 2 aromatic heterocycles. The number of nitrogen functional groups attached to an aromatic ring is 1. The number of hydrazine groups is 1. The van der Waals surface area contributed by atoms with E-state index in [-0.39, 0.29) is 22.4 Å². The lowest BCUT2D eigenvalue weighted by Crippen LogP contribution is -2.12. The predicted molar refractivity (Wildman–Crippen MR) is 68.6 cm³/mol. The van der Waals surface area contributed by atoms with Gasteiger partial charge < -0.3 is 0 Å². The van der Waals surface area contributed by atoms with E-state index in [9.17, 15) is 10.1 Å². The molecule has 3 N–H and O–H groups in total.